The van der Waals surface area contributed by atoms with E-state index in [1.807, 2.05) is 18.2 Å². The molecule has 0 atom stereocenters. The van der Waals surface area contributed by atoms with Crippen molar-refractivity contribution in [3.8, 4) is 11.5 Å². The van der Waals surface area contributed by atoms with Crippen LogP contribution in [0.1, 0.15) is 18.4 Å². The van der Waals surface area contributed by atoms with Gasteiger partial charge in [-0.1, -0.05) is 39.7 Å². The van der Waals surface area contributed by atoms with Gasteiger partial charge in [-0.05, 0) is 48.7 Å². The molecule has 0 unspecified atom stereocenters. The lowest BCUT2D eigenvalue weighted by Gasteiger charge is -2.12. The van der Waals surface area contributed by atoms with Crippen LogP contribution in [-0.2, 0) is 16.1 Å². The maximum absolute atomic E-state index is 12.1. The highest BCUT2D eigenvalue weighted by atomic mass is 79.9. The first kappa shape index (κ1) is 17.8. The Balaban J connectivity index is 1.59. The Morgan fingerprint density at radius 3 is 2.44 bits per heavy atom. The van der Waals surface area contributed by atoms with Crippen LogP contribution < -0.4 is 15.8 Å². The summed E-state index contributed by atoms with van der Waals surface area (Å²) in [6.07, 6.45) is 1.05. The van der Waals surface area contributed by atoms with E-state index >= 15 is 0 Å². The number of carbonyl (C=O) groups is 2. The fourth-order valence-corrected chi connectivity index (χ4v) is 3.13. The average Bonchev–Trinajstić information content (AvgIpc) is 3.38. The van der Waals surface area contributed by atoms with E-state index in [0.29, 0.717) is 35.9 Å². The van der Waals surface area contributed by atoms with Crippen molar-refractivity contribution in [3.05, 3.63) is 57.5 Å². The van der Waals surface area contributed by atoms with Crippen LogP contribution in [0.2, 0.25) is 5.02 Å². The Labute approximate surface area is 158 Å². The molecule has 0 spiro atoms. The molecule has 0 saturated heterocycles. The largest absolute Gasteiger partial charge is 0.456 e. The molecule has 1 aliphatic carbocycles. The van der Waals surface area contributed by atoms with E-state index in [4.69, 9.17) is 22.1 Å². The fourth-order valence-electron chi connectivity index (χ4n) is 2.42. The van der Waals surface area contributed by atoms with Gasteiger partial charge in [0.25, 0.3) is 0 Å². The number of hydrogen-bond donors (Lipinski definition) is 2. The Kier molecular flexibility index (Phi) is 5.01. The molecule has 5 nitrogen and oxygen atoms in total. The molecular weight excluding hydrogens is 408 g/mol. The standard InChI is InChI=1S/C18H16BrClN2O3/c19-12-3-6-15(14(20)9-12)25-13-4-1-11(2-5-13)10-22-17(24)18(7-8-18)16(21)23/h1-6,9H,7-8,10H2,(H2,21,23)(H,22,24). The van der Waals surface area contributed by atoms with Gasteiger partial charge in [-0.2, -0.15) is 0 Å². The van der Waals surface area contributed by atoms with Crippen molar-refractivity contribution in [1.82, 2.24) is 5.32 Å². The predicted molar refractivity (Wildman–Crippen MR) is 98.4 cm³/mol. The number of benzene rings is 2. The van der Waals surface area contributed by atoms with Crippen LogP contribution in [0.4, 0.5) is 0 Å². The molecule has 2 aromatic rings. The van der Waals surface area contributed by atoms with Crippen LogP contribution in [0.25, 0.3) is 0 Å². The van der Waals surface area contributed by atoms with Crippen molar-refractivity contribution < 1.29 is 14.3 Å². The van der Waals surface area contributed by atoms with Crippen LogP contribution in [0.5, 0.6) is 11.5 Å². The van der Waals surface area contributed by atoms with E-state index < -0.39 is 11.3 Å². The van der Waals surface area contributed by atoms with Gasteiger partial charge in [0, 0.05) is 11.0 Å². The van der Waals surface area contributed by atoms with Crippen molar-refractivity contribution >= 4 is 39.3 Å². The van der Waals surface area contributed by atoms with Crippen molar-refractivity contribution in [3.63, 3.8) is 0 Å². The number of carbonyl (C=O) groups excluding carboxylic acids is 2. The minimum absolute atomic E-state index is 0.304. The van der Waals surface area contributed by atoms with E-state index in [0.717, 1.165) is 10.0 Å². The third-order valence-electron chi connectivity index (χ3n) is 4.15. The number of halogens is 2. The van der Waals surface area contributed by atoms with Gasteiger partial charge >= 0.3 is 0 Å². The summed E-state index contributed by atoms with van der Waals surface area (Å²) in [5.41, 5.74) is 5.18. The SMILES string of the molecule is NC(=O)C1(C(=O)NCc2ccc(Oc3ccc(Br)cc3Cl)cc2)CC1. The average molecular weight is 424 g/mol. The molecule has 0 aliphatic heterocycles. The Bertz CT molecular complexity index is 820. The second-order valence-corrected chi connectivity index (χ2v) is 7.27. The number of nitrogens with one attached hydrogen (secondary N) is 1. The number of rotatable bonds is 6. The maximum atomic E-state index is 12.1. The molecular formula is C18H16BrClN2O3. The third-order valence-corrected chi connectivity index (χ3v) is 4.94. The number of amides is 2. The van der Waals surface area contributed by atoms with Crippen LogP contribution in [0, 0.1) is 5.41 Å². The monoisotopic (exact) mass is 422 g/mol. The lowest BCUT2D eigenvalue weighted by Crippen LogP contribution is -2.40. The summed E-state index contributed by atoms with van der Waals surface area (Å²) in [4.78, 5) is 23.4. The molecule has 2 amide bonds. The van der Waals surface area contributed by atoms with E-state index in [9.17, 15) is 9.59 Å². The molecule has 2 aromatic carbocycles. The smallest absolute Gasteiger partial charge is 0.235 e. The number of nitrogens with two attached hydrogens (primary N) is 1. The van der Waals surface area contributed by atoms with Crippen LogP contribution in [-0.4, -0.2) is 11.8 Å². The molecule has 1 fully saturated rings. The Morgan fingerprint density at radius 2 is 1.88 bits per heavy atom. The highest BCUT2D eigenvalue weighted by Gasteiger charge is 2.55. The zero-order valence-electron chi connectivity index (χ0n) is 13.2. The summed E-state index contributed by atoms with van der Waals surface area (Å²) in [6.45, 7) is 0.327. The fraction of sp³-hybridized carbons (Fsp3) is 0.222. The second-order valence-electron chi connectivity index (χ2n) is 5.95. The highest BCUT2D eigenvalue weighted by molar-refractivity contribution is 9.10. The van der Waals surface area contributed by atoms with Crippen molar-refractivity contribution in [2.45, 2.75) is 19.4 Å². The van der Waals surface area contributed by atoms with Crippen LogP contribution in [0.15, 0.2) is 46.9 Å². The number of hydrogen-bond acceptors (Lipinski definition) is 3. The first-order valence-corrected chi connectivity index (χ1v) is 8.88. The topological polar surface area (TPSA) is 81.4 Å². The van der Waals surface area contributed by atoms with Crippen molar-refractivity contribution in [2.24, 2.45) is 11.1 Å². The van der Waals surface area contributed by atoms with Gasteiger partial charge in [0.15, 0.2) is 0 Å². The molecule has 1 saturated carbocycles. The summed E-state index contributed by atoms with van der Waals surface area (Å²) in [5.74, 6) is 0.334. The minimum Gasteiger partial charge on any atom is -0.456 e. The van der Waals surface area contributed by atoms with Crippen LogP contribution >= 0.6 is 27.5 Å². The zero-order chi connectivity index (χ0) is 18.0. The Morgan fingerprint density at radius 1 is 1.20 bits per heavy atom. The van der Waals surface area contributed by atoms with Gasteiger partial charge in [0.1, 0.15) is 16.9 Å². The van der Waals surface area contributed by atoms with Crippen molar-refractivity contribution in [1.29, 1.82) is 0 Å². The van der Waals surface area contributed by atoms with Gasteiger partial charge in [-0.15, -0.1) is 0 Å². The van der Waals surface area contributed by atoms with Crippen molar-refractivity contribution in [2.75, 3.05) is 0 Å². The van der Waals surface area contributed by atoms with Gasteiger partial charge in [-0.3, -0.25) is 9.59 Å². The van der Waals surface area contributed by atoms with E-state index in [-0.39, 0.29) is 5.91 Å². The molecule has 3 rings (SSSR count). The lowest BCUT2D eigenvalue weighted by molar-refractivity contribution is -0.135. The molecule has 0 heterocycles. The van der Waals surface area contributed by atoms with E-state index in [1.165, 1.54) is 0 Å². The highest BCUT2D eigenvalue weighted by Crippen LogP contribution is 2.45. The molecule has 3 N–H and O–H groups in total. The first-order chi connectivity index (χ1) is 11.9. The summed E-state index contributed by atoms with van der Waals surface area (Å²) >= 11 is 9.47. The molecule has 130 valence electrons. The molecule has 7 heteroatoms. The molecule has 0 aromatic heterocycles. The van der Waals surface area contributed by atoms with E-state index in [2.05, 4.69) is 21.2 Å². The van der Waals surface area contributed by atoms with E-state index in [1.54, 1.807) is 24.3 Å². The molecule has 1 aliphatic rings. The normalized spacial score (nSPS) is 14.6. The maximum Gasteiger partial charge on any atom is 0.235 e. The Hall–Kier alpha value is -2.05. The van der Waals surface area contributed by atoms with Crippen LogP contribution in [0.3, 0.4) is 0 Å². The van der Waals surface area contributed by atoms with Gasteiger partial charge in [0.2, 0.25) is 11.8 Å². The minimum atomic E-state index is -0.999. The van der Waals surface area contributed by atoms with Gasteiger partial charge < -0.3 is 15.8 Å². The van der Waals surface area contributed by atoms with Gasteiger partial charge in [-0.25, -0.2) is 0 Å². The second kappa shape index (κ2) is 7.06. The summed E-state index contributed by atoms with van der Waals surface area (Å²) < 4.78 is 6.61. The molecule has 25 heavy (non-hydrogen) atoms. The zero-order valence-corrected chi connectivity index (χ0v) is 15.6. The predicted octanol–water partition coefficient (Wildman–Crippen LogP) is 3.78. The summed E-state index contributed by atoms with van der Waals surface area (Å²) in [6, 6.07) is 12.6. The summed E-state index contributed by atoms with van der Waals surface area (Å²) in [7, 11) is 0. The number of primary amides is 1. The molecule has 0 radical (unpaired) electrons. The lowest BCUT2D eigenvalue weighted by atomic mass is 10.1. The first-order valence-electron chi connectivity index (χ1n) is 7.71. The molecule has 0 bridgehead atoms. The summed E-state index contributed by atoms with van der Waals surface area (Å²) in [5, 5.41) is 3.27. The quantitative estimate of drug-likeness (QED) is 0.694. The van der Waals surface area contributed by atoms with Gasteiger partial charge in [0.05, 0.1) is 5.02 Å². The number of ether oxygens (including phenoxy) is 1. The third kappa shape index (κ3) is 3.96.